The highest BCUT2D eigenvalue weighted by Gasteiger charge is 2.20. The lowest BCUT2D eigenvalue weighted by Gasteiger charge is -2.11. The van der Waals surface area contributed by atoms with Crippen molar-refractivity contribution in [2.24, 2.45) is 0 Å². The van der Waals surface area contributed by atoms with Crippen LogP contribution in [-0.4, -0.2) is 22.8 Å². The molecule has 1 N–H and O–H groups in total. The maximum absolute atomic E-state index is 12.7. The Morgan fingerprint density at radius 1 is 1.27 bits per heavy atom. The molecule has 7 heteroatoms. The second-order valence-corrected chi connectivity index (χ2v) is 6.17. The molecule has 0 aliphatic carbocycles. The number of rotatable bonds is 4. The second-order valence-electron chi connectivity index (χ2n) is 5.76. The minimum Gasteiger partial charge on any atom is -0.495 e. The van der Waals surface area contributed by atoms with E-state index in [-0.39, 0.29) is 5.91 Å². The Kier molecular flexibility index (Phi) is 4.05. The molecule has 0 bridgehead atoms. The maximum Gasteiger partial charge on any atom is 0.275 e. The topological polar surface area (TPSA) is 69.3 Å². The number of carbonyl (C=O) groups excluding carboxylic acids is 1. The number of para-hydroxylation sites is 1. The summed E-state index contributed by atoms with van der Waals surface area (Å²) in [5, 5.41) is 9.15. The van der Waals surface area contributed by atoms with Gasteiger partial charge in [-0.2, -0.15) is 5.10 Å². The predicted molar refractivity (Wildman–Crippen MR) is 101 cm³/mol. The Labute approximate surface area is 154 Å². The van der Waals surface area contributed by atoms with Crippen LogP contribution in [0.1, 0.15) is 17.4 Å². The van der Waals surface area contributed by atoms with E-state index in [2.05, 4.69) is 10.4 Å². The minimum atomic E-state index is -0.358. The molecule has 2 aromatic carbocycles. The Bertz CT molecular complexity index is 1130. The predicted octanol–water partition coefficient (Wildman–Crippen LogP) is 4.72. The van der Waals surface area contributed by atoms with Crippen LogP contribution in [0.4, 0.5) is 5.69 Å². The number of aryl methyl sites for hydroxylation is 1. The van der Waals surface area contributed by atoms with Crippen molar-refractivity contribution in [1.29, 1.82) is 0 Å². The molecule has 0 spiro atoms. The number of ether oxygens (including phenoxy) is 1. The zero-order valence-corrected chi connectivity index (χ0v) is 15.0. The summed E-state index contributed by atoms with van der Waals surface area (Å²) in [6.07, 6.45) is 1.46. The molecule has 0 fully saturated rings. The van der Waals surface area contributed by atoms with E-state index in [1.807, 2.05) is 37.3 Å². The van der Waals surface area contributed by atoms with Crippen LogP contribution in [-0.2, 0) is 6.54 Å². The van der Waals surface area contributed by atoms with Crippen LogP contribution in [0.3, 0.4) is 0 Å². The van der Waals surface area contributed by atoms with E-state index in [0.717, 1.165) is 16.4 Å². The van der Waals surface area contributed by atoms with Crippen LogP contribution < -0.4 is 10.1 Å². The van der Waals surface area contributed by atoms with Crippen LogP contribution >= 0.6 is 11.6 Å². The Balaban J connectivity index is 1.79. The molecular weight excluding hydrogens is 354 g/mol. The number of aromatic nitrogens is 2. The molecule has 0 aliphatic heterocycles. The van der Waals surface area contributed by atoms with Crippen molar-refractivity contribution in [3.8, 4) is 5.75 Å². The standard InChI is InChI=1S/C19H16ClN3O3/c1-3-23-18(13(20)10-21-23)19(24)22-14-9-16-12(8-17(14)25-2)11-6-4-5-7-15(11)26-16/h4-10H,3H2,1-2H3,(H,22,24). The molecule has 0 unspecified atom stereocenters. The number of carbonyl (C=O) groups is 1. The average Bonchev–Trinajstić information content (AvgIpc) is 3.20. The fourth-order valence-corrected chi connectivity index (χ4v) is 3.25. The van der Waals surface area contributed by atoms with Gasteiger partial charge in [-0.25, -0.2) is 0 Å². The number of benzene rings is 2. The van der Waals surface area contributed by atoms with Gasteiger partial charge in [0.25, 0.3) is 5.91 Å². The maximum atomic E-state index is 12.7. The van der Waals surface area contributed by atoms with Gasteiger partial charge in [0.15, 0.2) is 0 Å². The fraction of sp³-hybridized carbons (Fsp3) is 0.158. The van der Waals surface area contributed by atoms with Crippen LogP contribution in [0.2, 0.25) is 5.02 Å². The summed E-state index contributed by atoms with van der Waals surface area (Å²) in [6, 6.07) is 11.4. The molecular formula is C19H16ClN3O3. The van der Waals surface area contributed by atoms with Gasteiger partial charge in [0.05, 0.1) is 24.0 Å². The molecule has 0 saturated heterocycles. The van der Waals surface area contributed by atoms with Gasteiger partial charge in [0.1, 0.15) is 22.6 Å². The van der Waals surface area contributed by atoms with Gasteiger partial charge in [-0.05, 0) is 19.1 Å². The summed E-state index contributed by atoms with van der Waals surface area (Å²) in [5.74, 6) is 0.180. The van der Waals surface area contributed by atoms with E-state index >= 15 is 0 Å². The van der Waals surface area contributed by atoms with Gasteiger partial charge < -0.3 is 14.5 Å². The summed E-state index contributed by atoms with van der Waals surface area (Å²) in [6.45, 7) is 2.43. The summed E-state index contributed by atoms with van der Waals surface area (Å²) < 4.78 is 12.9. The lowest BCUT2D eigenvalue weighted by molar-refractivity contribution is 0.101. The van der Waals surface area contributed by atoms with Crippen molar-refractivity contribution in [2.75, 3.05) is 12.4 Å². The number of anilines is 1. The summed E-state index contributed by atoms with van der Waals surface area (Å²) in [7, 11) is 1.56. The lowest BCUT2D eigenvalue weighted by atomic mass is 10.1. The molecule has 6 nitrogen and oxygen atoms in total. The molecule has 4 aromatic rings. The van der Waals surface area contributed by atoms with E-state index < -0.39 is 0 Å². The quantitative estimate of drug-likeness (QED) is 0.565. The van der Waals surface area contributed by atoms with Crippen LogP contribution in [0.25, 0.3) is 21.9 Å². The summed E-state index contributed by atoms with van der Waals surface area (Å²) >= 11 is 6.11. The SMILES string of the molecule is CCn1ncc(Cl)c1C(=O)Nc1cc2oc3ccccc3c2cc1OC. The van der Waals surface area contributed by atoms with Gasteiger partial charge in [0, 0.05) is 23.4 Å². The first-order valence-corrected chi connectivity index (χ1v) is 8.52. The highest BCUT2D eigenvalue weighted by atomic mass is 35.5. The molecule has 4 rings (SSSR count). The van der Waals surface area contributed by atoms with Crippen LogP contribution in [0.15, 0.2) is 47.0 Å². The van der Waals surface area contributed by atoms with Crippen molar-refractivity contribution < 1.29 is 13.9 Å². The van der Waals surface area contributed by atoms with E-state index in [1.54, 1.807) is 17.9 Å². The third-order valence-electron chi connectivity index (χ3n) is 4.26. The largest absolute Gasteiger partial charge is 0.495 e. The highest BCUT2D eigenvalue weighted by molar-refractivity contribution is 6.34. The molecule has 0 saturated carbocycles. The molecule has 1 amide bonds. The van der Waals surface area contributed by atoms with E-state index in [4.69, 9.17) is 20.8 Å². The second kappa shape index (κ2) is 6.38. The van der Waals surface area contributed by atoms with Crippen molar-refractivity contribution in [3.05, 3.63) is 53.3 Å². The van der Waals surface area contributed by atoms with Crippen molar-refractivity contribution >= 4 is 45.1 Å². The molecule has 0 aliphatic rings. The number of nitrogens with one attached hydrogen (secondary N) is 1. The lowest BCUT2D eigenvalue weighted by Crippen LogP contribution is -2.18. The average molecular weight is 370 g/mol. The molecule has 2 heterocycles. The zero-order chi connectivity index (χ0) is 18.3. The van der Waals surface area contributed by atoms with Crippen LogP contribution in [0.5, 0.6) is 5.75 Å². The van der Waals surface area contributed by atoms with Gasteiger partial charge in [-0.3, -0.25) is 9.48 Å². The van der Waals surface area contributed by atoms with Crippen molar-refractivity contribution in [3.63, 3.8) is 0 Å². The number of furan rings is 1. The first-order valence-electron chi connectivity index (χ1n) is 8.14. The Morgan fingerprint density at radius 3 is 2.85 bits per heavy atom. The smallest absolute Gasteiger partial charge is 0.275 e. The van der Waals surface area contributed by atoms with Gasteiger partial charge >= 0.3 is 0 Å². The third-order valence-corrected chi connectivity index (χ3v) is 4.53. The Morgan fingerprint density at radius 2 is 2.08 bits per heavy atom. The van der Waals surface area contributed by atoms with Gasteiger partial charge in [0.2, 0.25) is 0 Å². The first kappa shape index (κ1) is 16.5. The number of halogens is 1. The van der Waals surface area contributed by atoms with E-state index in [0.29, 0.717) is 34.3 Å². The van der Waals surface area contributed by atoms with Gasteiger partial charge in [-0.15, -0.1) is 0 Å². The molecule has 26 heavy (non-hydrogen) atoms. The molecule has 2 aromatic heterocycles. The molecule has 0 atom stereocenters. The molecule has 132 valence electrons. The number of hydrogen-bond acceptors (Lipinski definition) is 4. The van der Waals surface area contributed by atoms with Crippen molar-refractivity contribution in [1.82, 2.24) is 9.78 Å². The highest BCUT2D eigenvalue weighted by Crippen LogP contribution is 2.36. The Hall–Kier alpha value is -2.99. The van der Waals surface area contributed by atoms with Gasteiger partial charge in [-0.1, -0.05) is 29.8 Å². The van der Waals surface area contributed by atoms with Crippen LogP contribution in [0, 0.1) is 0 Å². The first-order chi connectivity index (χ1) is 12.6. The summed E-state index contributed by atoms with van der Waals surface area (Å²) in [4.78, 5) is 12.7. The normalized spacial score (nSPS) is 11.2. The van der Waals surface area contributed by atoms with E-state index in [9.17, 15) is 4.79 Å². The molecule has 0 radical (unpaired) electrons. The number of hydrogen-bond donors (Lipinski definition) is 1. The number of amides is 1. The van der Waals surface area contributed by atoms with E-state index in [1.165, 1.54) is 6.20 Å². The zero-order valence-electron chi connectivity index (χ0n) is 14.2. The number of nitrogens with zero attached hydrogens (tertiary/aromatic N) is 2. The monoisotopic (exact) mass is 369 g/mol. The number of methoxy groups -OCH3 is 1. The minimum absolute atomic E-state index is 0.299. The van der Waals surface area contributed by atoms with Crippen molar-refractivity contribution in [2.45, 2.75) is 13.5 Å². The number of fused-ring (bicyclic) bond motifs is 3. The fourth-order valence-electron chi connectivity index (χ4n) is 3.03. The third kappa shape index (κ3) is 2.59. The summed E-state index contributed by atoms with van der Waals surface area (Å²) in [5.41, 5.74) is 2.25.